The molecule has 0 bridgehead atoms. The van der Waals surface area contributed by atoms with E-state index in [2.05, 4.69) is 10.3 Å². The van der Waals surface area contributed by atoms with Gasteiger partial charge >= 0.3 is 5.97 Å². The second-order valence-electron chi connectivity index (χ2n) is 4.47. The molecular weight excluding hydrogens is 271 g/mol. The zero-order valence-electron chi connectivity index (χ0n) is 10.7. The SMILES string of the molecule is CCOC(=O)c1cnc(Cl)cc1NC1CCCC1F. The van der Waals surface area contributed by atoms with Crippen LogP contribution in [0.2, 0.25) is 5.15 Å². The maximum atomic E-state index is 13.6. The van der Waals surface area contributed by atoms with E-state index in [4.69, 9.17) is 16.3 Å². The first-order valence-corrected chi connectivity index (χ1v) is 6.73. The molecule has 1 aliphatic carbocycles. The highest BCUT2D eigenvalue weighted by molar-refractivity contribution is 6.29. The van der Waals surface area contributed by atoms with E-state index in [1.54, 1.807) is 6.92 Å². The van der Waals surface area contributed by atoms with Crippen LogP contribution in [0.1, 0.15) is 36.5 Å². The predicted octanol–water partition coefficient (Wildman–Crippen LogP) is 3.21. The summed E-state index contributed by atoms with van der Waals surface area (Å²) in [5.74, 6) is -0.484. The van der Waals surface area contributed by atoms with Crippen LogP contribution in [-0.4, -0.2) is 29.8 Å². The van der Waals surface area contributed by atoms with Gasteiger partial charge in [-0.05, 0) is 32.3 Å². The number of ether oxygens (including phenoxy) is 1. The van der Waals surface area contributed by atoms with Gasteiger partial charge in [0, 0.05) is 6.20 Å². The first-order chi connectivity index (χ1) is 9.11. The molecule has 1 aromatic rings. The lowest BCUT2D eigenvalue weighted by atomic mass is 10.1. The molecule has 19 heavy (non-hydrogen) atoms. The Morgan fingerprint density at radius 2 is 2.42 bits per heavy atom. The number of hydrogen-bond donors (Lipinski definition) is 1. The van der Waals surface area contributed by atoms with Crippen molar-refractivity contribution in [3.63, 3.8) is 0 Å². The summed E-state index contributed by atoms with van der Waals surface area (Å²) in [6.45, 7) is 2.00. The van der Waals surface area contributed by atoms with Crippen molar-refractivity contribution >= 4 is 23.3 Å². The number of rotatable bonds is 4. The van der Waals surface area contributed by atoms with Crippen LogP contribution in [0.25, 0.3) is 0 Å². The number of nitrogens with one attached hydrogen (secondary N) is 1. The van der Waals surface area contributed by atoms with E-state index in [0.29, 0.717) is 12.1 Å². The highest BCUT2D eigenvalue weighted by atomic mass is 35.5. The molecule has 1 heterocycles. The minimum absolute atomic E-state index is 0.254. The van der Waals surface area contributed by atoms with Crippen LogP contribution < -0.4 is 5.32 Å². The molecule has 2 atom stereocenters. The van der Waals surface area contributed by atoms with Gasteiger partial charge in [0.25, 0.3) is 0 Å². The minimum Gasteiger partial charge on any atom is -0.462 e. The van der Waals surface area contributed by atoms with Gasteiger partial charge in [0.15, 0.2) is 0 Å². The Morgan fingerprint density at radius 3 is 3.05 bits per heavy atom. The molecule has 0 amide bonds. The number of carbonyl (C=O) groups excluding carboxylic acids is 1. The van der Waals surface area contributed by atoms with Crippen LogP contribution in [0.3, 0.4) is 0 Å². The zero-order chi connectivity index (χ0) is 13.8. The van der Waals surface area contributed by atoms with Crippen molar-refractivity contribution in [3.05, 3.63) is 23.0 Å². The number of anilines is 1. The molecule has 1 fully saturated rings. The molecule has 1 saturated carbocycles. The topological polar surface area (TPSA) is 51.2 Å². The molecule has 1 aromatic heterocycles. The summed E-state index contributed by atoms with van der Waals surface area (Å²) < 4.78 is 18.6. The van der Waals surface area contributed by atoms with Gasteiger partial charge in [-0.3, -0.25) is 0 Å². The molecular formula is C13H16ClFN2O2. The summed E-state index contributed by atoms with van der Waals surface area (Å²) in [5.41, 5.74) is 0.762. The molecule has 104 valence electrons. The molecule has 1 aliphatic rings. The van der Waals surface area contributed by atoms with E-state index >= 15 is 0 Å². The number of pyridine rings is 1. The van der Waals surface area contributed by atoms with E-state index in [1.165, 1.54) is 12.3 Å². The van der Waals surface area contributed by atoms with Gasteiger partial charge in [-0.1, -0.05) is 11.6 Å². The number of hydrogen-bond acceptors (Lipinski definition) is 4. The number of esters is 1. The Kier molecular flexibility index (Phi) is 4.58. The molecule has 0 spiro atoms. The summed E-state index contributed by atoms with van der Waals surface area (Å²) in [6, 6.07) is 1.24. The molecule has 0 aliphatic heterocycles. The van der Waals surface area contributed by atoms with Crippen LogP contribution in [0.15, 0.2) is 12.3 Å². The lowest BCUT2D eigenvalue weighted by molar-refractivity contribution is 0.0527. The largest absolute Gasteiger partial charge is 0.462 e. The van der Waals surface area contributed by atoms with Gasteiger partial charge in [-0.15, -0.1) is 0 Å². The number of halogens is 2. The van der Waals surface area contributed by atoms with Gasteiger partial charge in [-0.2, -0.15) is 0 Å². The van der Waals surface area contributed by atoms with Crippen molar-refractivity contribution in [2.45, 2.75) is 38.4 Å². The third-order valence-corrected chi connectivity index (χ3v) is 3.35. The monoisotopic (exact) mass is 286 g/mol. The van der Waals surface area contributed by atoms with E-state index in [1.807, 2.05) is 0 Å². The van der Waals surface area contributed by atoms with Crippen molar-refractivity contribution in [2.24, 2.45) is 0 Å². The third kappa shape index (κ3) is 3.35. The maximum Gasteiger partial charge on any atom is 0.341 e. The van der Waals surface area contributed by atoms with Gasteiger partial charge in [0.2, 0.25) is 0 Å². The normalized spacial score (nSPS) is 22.3. The first-order valence-electron chi connectivity index (χ1n) is 6.35. The third-order valence-electron chi connectivity index (χ3n) is 3.14. The molecule has 4 nitrogen and oxygen atoms in total. The van der Waals surface area contributed by atoms with Crippen molar-refractivity contribution in [1.29, 1.82) is 0 Å². The fraction of sp³-hybridized carbons (Fsp3) is 0.538. The Morgan fingerprint density at radius 1 is 1.63 bits per heavy atom. The van der Waals surface area contributed by atoms with E-state index in [0.717, 1.165) is 12.8 Å². The van der Waals surface area contributed by atoms with Crippen LogP contribution in [0.5, 0.6) is 0 Å². The molecule has 0 saturated heterocycles. The van der Waals surface area contributed by atoms with Crippen LogP contribution in [0.4, 0.5) is 10.1 Å². The molecule has 0 aromatic carbocycles. The van der Waals surface area contributed by atoms with E-state index in [9.17, 15) is 9.18 Å². The minimum atomic E-state index is -0.901. The maximum absolute atomic E-state index is 13.6. The number of carbonyl (C=O) groups is 1. The highest BCUT2D eigenvalue weighted by Gasteiger charge is 2.28. The Labute approximate surface area is 116 Å². The lowest BCUT2D eigenvalue weighted by Crippen LogP contribution is -2.26. The fourth-order valence-electron chi connectivity index (χ4n) is 2.20. The highest BCUT2D eigenvalue weighted by Crippen LogP contribution is 2.28. The van der Waals surface area contributed by atoms with Crippen molar-refractivity contribution in [1.82, 2.24) is 4.98 Å². The summed E-state index contributed by atoms with van der Waals surface area (Å²) >= 11 is 5.82. The number of alkyl halides is 1. The smallest absolute Gasteiger partial charge is 0.341 e. The Hall–Kier alpha value is -1.36. The standard InChI is InChI=1S/C13H16ClFN2O2/c1-2-19-13(18)8-7-16-12(14)6-11(8)17-10-5-3-4-9(10)15/h6-7,9-10H,2-5H2,1H3,(H,16,17). The van der Waals surface area contributed by atoms with Gasteiger partial charge in [0.1, 0.15) is 16.9 Å². The Balaban J connectivity index is 2.21. The average Bonchev–Trinajstić information content (AvgIpc) is 2.75. The molecule has 1 N–H and O–H groups in total. The fourth-order valence-corrected chi connectivity index (χ4v) is 2.36. The van der Waals surface area contributed by atoms with Crippen LogP contribution in [0, 0.1) is 0 Å². The molecule has 6 heteroatoms. The van der Waals surface area contributed by atoms with Crippen molar-refractivity contribution in [3.8, 4) is 0 Å². The van der Waals surface area contributed by atoms with Gasteiger partial charge in [-0.25, -0.2) is 14.2 Å². The molecule has 2 unspecified atom stereocenters. The van der Waals surface area contributed by atoms with Crippen LogP contribution >= 0.6 is 11.6 Å². The number of aromatic nitrogens is 1. The van der Waals surface area contributed by atoms with E-state index < -0.39 is 12.1 Å². The summed E-state index contributed by atoms with van der Waals surface area (Å²) in [6.07, 6.45) is 2.58. The second-order valence-corrected chi connectivity index (χ2v) is 4.86. The van der Waals surface area contributed by atoms with Gasteiger partial charge < -0.3 is 10.1 Å². The first kappa shape index (κ1) is 14.1. The predicted molar refractivity (Wildman–Crippen MR) is 71.4 cm³/mol. The zero-order valence-corrected chi connectivity index (χ0v) is 11.4. The summed E-state index contributed by atoms with van der Waals surface area (Å²) in [4.78, 5) is 15.7. The molecule has 2 rings (SSSR count). The van der Waals surface area contributed by atoms with Crippen molar-refractivity contribution in [2.75, 3.05) is 11.9 Å². The van der Waals surface area contributed by atoms with E-state index in [-0.39, 0.29) is 23.4 Å². The van der Waals surface area contributed by atoms with Crippen LogP contribution in [-0.2, 0) is 4.74 Å². The summed E-state index contributed by atoms with van der Waals surface area (Å²) in [7, 11) is 0. The lowest BCUT2D eigenvalue weighted by Gasteiger charge is -2.18. The Bertz CT molecular complexity index is 470. The molecule has 0 radical (unpaired) electrons. The average molecular weight is 287 g/mol. The second kappa shape index (κ2) is 6.19. The summed E-state index contributed by atoms with van der Waals surface area (Å²) in [5, 5.41) is 3.29. The van der Waals surface area contributed by atoms with Gasteiger partial charge in [0.05, 0.1) is 18.3 Å². The number of nitrogens with zero attached hydrogens (tertiary/aromatic N) is 1. The van der Waals surface area contributed by atoms with Crippen molar-refractivity contribution < 1.29 is 13.9 Å². The quantitative estimate of drug-likeness (QED) is 0.682.